The standard InChI is InChI=1S/C43H76O5/c1-3-5-7-9-11-13-15-17-19-21-23-25-27-29-31-33-35-37-42(45)47-40-41(39-44)48-43(46)38-36-34-32-30-28-26-24-22-20-18-16-14-12-10-8-6-4-2/h17-20,24,26,30,32,41,44H,3-16,21-23,25,27-29,31,33-40H2,1-2H3/b19-17-,20-18-,26-24-,32-30-/t41-/m0/s1. The first-order valence-corrected chi connectivity index (χ1v) is 20.2. The lowest BCUT2D eigenvalue weighted by molar-refractivity contribution is -0.161. The van der Waals surface area contributed by atoms with E-state index in [0.29, 0.717) is 12.8 Å². The van der Waals surface area contributed by atoms with Gasteiger partial charge in [-0.1, -0.05) is 159 Å². The van der Waals surface area contributed by atoms with Crippen LogP contribution in [0.4, 0.5) is 0 Å². The predicted octanol–water partition coefficient (Wildman–Crippen LogP) is 12.6. The van der Waals surface area contributed by atoms with E-state index in [0.717, 1.165) is 38.5 Å². The van der Waals surface area contributed by atoms with Crippen LogP contribution in [0.15, 0.2) is 48.6 Å². The van der Waals surface area contributed by atoms with Gasteiger partial charge in [-0.3, -0.25) is 9.59 Å². The predicted molar refractivity (Wildman–Crippen MR) is 205 cm³/mol. The number of aliphatic hydroxyl groups is 1. The summed E-state index contributed by atoms with van der Waals surface area (Å²) in [7, 11) is 0. The van der Waals surface area contributed by atoms with Crippen LogP contribution in [-0.2, 0) is 19.1 Å². The highest BCUT2D eigenvalue weighted by Gasteiger charge is 2.15. The Labute approximate surface area is 297 Å². The van der Waals surface area contributed by atoms with Gasteiger partial charge in [-0.15, -0.1) is 0 Å². The molecule has 0 heterocycles. The van der Waals surface area contributed by atoms with Crippen molar-refractivity contribution in [2.75, 3.05) is 13.2 Å². The van der Waals surface area contributed by atoms with Gasteiger partial charge in [-0.2, -0.15) is 0 Å². The maximum absolute atomic E-state index is 12.1. The number of carbonyl (C=O) groups is 2. The molecule has 0 saturated carbocycles. The van der Waals surface area contributed by atoms with E-state index < -0.39 is 6.10 Å². The van der Waals surface area contributed by atoms with Gasteiger partial charge in [0, 0.05) is 12.8 Å². The van der Waals surface area contributed by atoms with E-state index >= 15 is 0 Å². The molecule has 0 amide bonds. The van der Waals surface area contributed by atoms with Crippen molar-refractivity contribution < 1.29 is 24.2 Å². The monoisotopic (exact) mass is 673 g/mol. The van der Waals surface area contributed by atoms with E-state index in [2.05, 4.69) is 62.5 Å². The Kier molecular flexibility index (Phi) is 37.5. The van der Waals surface area contributed by atoms with Gasteiger partial charge >= 0.3 is 11.9 Å². The van der Waals surface area contributed by atoms with E-state index in [9.17, 15) is 14.7 Å². The van der Waals surface area contributed by atoms with Crippen molar-refractivity contribution in [3.8, 4) is 0 Å². The quantitative estimate of drug-likeness (QED) is 0.0407. The minimum Gasteiger partial charge on any atom is -0.462 e. The Bertz CT molecular complexity index is 812. The van der Waals surface area contributed by atoms with Crippen molar-refractivity contribution in [2.24, 2.45) is 0 Å². The first kappa shape index (κ1) is 45.9. The average molecular weight is 673 g/mol. The van der Waals surface area contributed by atoms with Crippen molar-refractivity contribution in [2.45, 2.75) is 200 Å². The SMILES string of the molecule is CCCCCCCC/C=C\C/C=C\C/C=C\CCCC(=O)O[C@@H](CO)COC(=O)CCCCCCCCC/C=C\CCCCCCCC. The fourth-order valence-corrected chi connectivity index (χ4v) is 5.51. The van der Waals surface area contributed by atoms with E-state index in [4.69, 9.17) is 9.47 Å². The topological polar surface area (TPSA) is 72.8 Å². The number of rotatable bonds is 36. The van der Waals surface area contributed by atoms with Crippen LogP contribution >= 0.6 is 0 Å². The largest absolute Gasteiger partial charge is 0.462 e. The van der Waals surface area contributed by atoms with Crippen LogP contribution < -0.4 is 0 Å². The molecule has 0 aromatic heterocycles. The zero-order chi connectivity index (χ0) is 35.0. The second kappa shape index (κ2) is 39.3. The second-order valence-corrected chi connectivity index (χ2v) is 13.4. The molecule has 0 saturated heterocycles. The molecule has 0 fully saturated rings. The number of hydrogen-bond acceptors (Lipinski definition) is 5. The Morgan fingerprint density at radius 2 is 0.854 bits per heavy atom. The van der Waals surface area contributed by atoms with E-state index in [1.54, 1.807) is 0 Å². The Morgan fingerprint density at radius 3 is 1.33 bits per heavy atom. The molecule has 5 nitrogen and oxygen atoms in total. The van der Waals surface area contributed by atoms with Crippen molar-refractivity contribution in [3.05, 3.63) is 48.6 Å². The van der Waals surface area contributed by atoms with Crippen molar-refractivity contribution in [1.29, 1.82) is 0 Å². The first-order chi connectivity index (χ1) is 23.6. The summed E-state index contributed by atoms with van der Waals surface area (Å²) in [5.41, 5.74) is 0. The molecule has 0 aliphatic rings. The van der Waals surface area contributed by atoms with Crippen LogP contribution in [0.1, 0.15) is 194 Å². The third-order valence-corrected chi connectivity index (χ3v) is 8.60. The zero-order valence-electron chi connectivity index (χ0n) is 31.5. The lowest BCUT2D eigenvalue weighted by atomic mass is 10.1. The summed E-state index contributed by atoms with van der Waals surface area (Å²) in [4.78, 5) is 24.2. The van der Waals surface area contributed by atoms with Crippen LogP contribution in [0.5, 0.6) is 0 Å². The summed E-state index contributed by atoms with van der Waals surface area (Å²) >= 11 is 0. The van der Waals surface area contributed by atoms with Gasteiger partial charge in [0.15, 0.2) is 6.10 Å². The maximum atomic E-state index is 12.1. The van der Waals surface area contributed by atoms with E-state index in [1.807, 2.05) is 0 Å². The van der Waals surface area contributed by atoms with Gasteiger partial charge in [0.25, 0.3) is 0 Å². The molecule has 0 spiro atoms. The molecular weight excluding hydrogens is 596 g/mol. The van der Waals surface area contributed by atoms with Crippen LogP contribution in [0.25, 0.3) is 0 Å². The number of esters is 2. The molecule has 0 aliphatic heterocycles. The molecule has 48 heavy (non-hydrogen) atoms. The van der Waals surface area contributed by atoms with Gasteiger partial charge in [0.2, 0.25) is 0 Å². The molecule has 0 unspecified atom stereocenters. The Balaban J connectivity index is 3.64. The highest BCUT2D eigenvalue weighted by Crippen LogP contribution is 2.12. The van der Waals surface area contributed by atoms with E-state index in [1.165, 1.54) is 122 Å². The van der Waals surface area contributed by atoms with Gasteiger partial charge < -0.3 is 14.6 Å². The lowest BCUT2D eigenvalue weighted by Gasteiger charge is -2.15. The Morgan fingerprint density at radius 1 is 0.479 bits per heavy atom. The number of ether oxygens (including phenoxy) is 2. The number of allylic oxidation sites excluding steroid dienone is 8. The summed E-state index contributed by atoms with van der Waals surface area (Å²) in [6.45, 7) is 4.08. The van der Waals surface area contributed by atoms with Crippen molar-refractivity contribution in [1.82, 2.24) is 0 Å². The summed E-state index contributed by atoms with van der Waals surface area (Å²) in [6, 6.07) is 0. The third-order valence-electron chi connectivity index (χ3n) is 8.60. The van der Waals surface area contributed by atoms with Gasteiger partial charge in [0.05, 0.1) is 6.61 Å². The highest BCUT2D eigenvalue weighted by atomic mass is 16.6. The molecule has 5 heteroatoms. The van der Waals surface area contributed by atoms with E-state index in [-0.39, 0.29) is 31.6 Å². The molecule has 278 valence electrons. The maximum Gasteiger partial charge on any atom is 0.306 e. The summed E-state index contributed by atoms with van der Waals surface area (Å²) in [6.07, 6.45) is 48.9. The molecule has 0 bridgehead atoms. The molecule has 0 radical (unpaired) electrons. The minimum atomic E-state index is -0.799. The number of aliphatic hydroxyl groups excluding tert-OH is 1. The van der Waals surface area contributed by atoms with Crippen LogP contribution in [-0.4, -0.2) is 36.4 Å². The fourth-order valence-electron chi connectivity index (χ4n) is 5.51. The zero-order valence-corrected chi connectivity index (χ0v) is 31.5. The van der Waals surface area contributed by atoms with Crippen LogP contribution in [0, 0.1) is 0 Å². The molecule has 0 aliphatic carbocycles. The third kappa shape index (κ3) is 36.7. The highest BCUT2D eigenvalue weighted by molar-refractivity contribution is 5.70. The van der Waals surface area contributed by atoms with Gasteiger partial charge in [0.1, 0.15) is 6.61 Å². The summed E-state index contributed by atoms with van der Waals surface area (Å²) in [5.74, 6) is -0.657. The molecule has 0 aromatic carbocycles. The molecule has 1 N–H and O–H groups in total. The Hall–Kier alpha value is -2.14. The first-order valence-electron chi connectivity index (χ1n) is 20.2. The van der Waals surface area contributed by atoms with Gasteiger partial charge in [-0.05, 0) is 70.6 Å². The minimum absolute atomic E-state index is 0.0883. The number of hydrogen-bond donors (Lipinski definition) is 1. The summed E-state index contributed by atoms with van der Waals surface area (Å²) < 4.78 is 10.6. The second-order valence-electron chi connectivity index (χ2n) is 13.4. The molecule has 0 rings (SSSR count). The smallest absolute Gasteiger partial charge is 0.306 e. The van der Waals surface area contributed by atoms with Crippen molar-refractivity contribution in [3.63, 3.8) is 0 Å². The fraction of sp³-hybridized carbons (Fsp3) is 0.767. The van der Waals surface area contributed by atoms with Crippen molar-refractivity contribution >= 4 is 11.9 Å². The lowest BCUT2D eigenvalue weighted by Crippen LogP contribution is -2.28. The summed E-state index contributed by atoms with van der Waals surface area (Å²) in [5, 5.41) is 9.55. The average Bonchev–Trinajstić information content (AvgIpc) is 3.09. The van der Waals surface area contributed by atoms with Gasteiger partial charge in [-0.25, -0.2) is 0 Å². The molecular formula is C43H76O5. The normalized spacial score (nSPS) is 12.6. The number of unbranched alkanes of at least 4 members (excludes halogenated alkanes) is 20. The van der Waals surface area contributed by atoms with Crippen LogP contribution in [0.2, 0.25) is 0 Å². The van der Waals surface area contributed by atoms with Crippen LogP contribution in [0.3, 0.4) is 0 Å². The molecule has 0 aromatic rings. The molecule has 1 atom stereocenters. The number of carbonyl (C=O) groups excluding carboxylic acids is 2.